The van der Waals surface area contributed by atoms with Gasteiger partial charge >= 0.3 is 0 Å². The van der Waals surface area contributed by atoms with E-state index in [1.807, 2.05) is 48.5 Å². The lowest BCUT2D eigenvalue weighted by Gasteiger charge is -2.19. The molecule has 0 spiro atoms. The van der Waals surface area contributed by atoms with Crippen molar-refractivity contribution < 1.29 is 0 Å². The van der Waals surface area contributed by atoms with Gasteiger partial charge in [-0.25, -0.2) is 9.97 Å². The van der Waals surface area contributed by atoms with Gasteiger partial charge in [-0.3, -0.25) is 4.98 Å². The van der Waals surface area contributed by atoms with E-state index in [4.69, 9.17) is 4.98 Å². The maximum absolute atomic E-state index is 4.69. The van der Waals surface area contributed by atoms with Crippen LogP contribution in [0.4, 0.5) is 17.3 Å². The normalized spacial score (nSPS) is 12.0. The fourth-order valence-corrected chi connectivity index (χ4v) is 2.28. The van der Waals surface area contributed by atoms with Crippen molar-refractivity contribution in [1.82, 2.24) is 15.0 Å². The average molecular weight is 333 g/mol. The van der Waals surface area contributed by atoms with Gasteiger partial charge in [0.2, 0.25) is 0 Å². The Balaban J connectivity index is 1.96. The minimum atomic E-state index is 0.312. The second kappa shape index (κ2) is 7.75. The van der Waals surface area contributed by atoms with Crippen LogP contribution >= 0.6 is 0 Å². The van der Waals surface area contributed by atoms with Crippen LogP contribution in [0.1, 0.15) is 20.8 Å². The van der Waals surface area contributed by atoms with E-state index in [2.05, 4.69) is 41.4 Å². The van der Waals surface area contributed by atoms with Gasteiger partial charge < -0.3 is 10.6 Å². The number of rotatable bonds is 6. The summed E-state index contributed by atoms with van der Waals surface area (Å²) in [4.78, 5) is 13.4. The van der Waals surface area contributed by atoms with Gasteiger partial charge in [-0.1, -0.05) is 44.2 Å². The summed E-state index contributed by atoms with van der Waals surface area (Å²) in [5.74, 6) is 2.76. The van der Waals surface area contributed by atoms with Gasteiger partial charge in [0.15, 0.2) is 5.82 Å². The molecule has 25 heavy (non-hydrogen) atoms. The molecule has 1 atom stereocenters. The fourth-order valence-electron chi connectivity index (χ4n) is 2.28. The average Bonchev–Trinajstić information content (AvgIpc) is 2.63. The zero-order valence-electron chi connectivity index (χ0n) is 14.8. The van der Waals surface area contributed by atoms with E-state index < -0.39 is 0 Å². The molecule has 2 N–H and O–H groups in total. The van der Waals surface area contributed by atoms with Crippen LogP contribution in [0.3, 0.4) is 0 Å². The van der Waals surface area contributed by atoms with Gasteiger partial charge in [0.25, 0.3) is 0 Å². The molecule has 0 saturated heterocycles. The van der Waals surface area contributed by atoms with Crippen LogP contribution in [0.25, 0.3) is 11.4 Å². The van der Waals surface area contributed by atoms with Crippen LogP contribution in [0.5, 0.6) is 0 Å². The number of nitrogens with one attached hydrogen (secondary N) is 2. The van der Waals surface area contributed by atoms with Gasteiger partial charge in [-0.2, -0.15) is 0 Å². The van der Waals surface area contributed by atoms with Crippen molar-refractivity contribution in [2.45, 2.75) is 26.8 Å². The summed E-state index contributed by atoms with van der Waals surface area (Å²) in [5.41, 5.74) is 1.93. The van der Waals surface area contributed by atoms with Crippen molar-refractivity contribution in [3.63, 3.8) is 0 Å². The van der Waals surface area contributed by atoms with Crippen LogP contribution in [-0.2, 0) is 0 Å². The van der Waals surface area contributed by atoms with E-state index in [1.54, 1.807) is 12.4 Å². The van der Waals surface area contributed by atoms with E-state index in [0.29, 0.717) is 17.8 Å². The molecular weight excluding hydrogens is 310 g/mol. The third-order valence-corrected chi connectivity index (χ3v) is 4.09. The Hall–Kier alpha value is -2.95. The van der Waals surface area contributed by atoms with Gasteiger partial charge in [0.05, 0.1) is 0 Å². The fraction of sp³-hybridized carbons (Fsp3) is 0.250. The molecule has 3 aromatic rings. The van der Waals surface area contributed by atoms with Crippen LogP contribution in [0, 0.1) is 5.92 Å². The maximum atomic E-state index is 4.69. The molecule has 5 heteroatoms. The van der Waals surface area contributed by atoms with Gasteiger partial charge in [-0.15, -0.1) is 0 Å². The lowest BCUT2D eigenvalue weighted by molar-refractivity contribution is 0.558. The van der Waals surface area contributed by atoms with Crippen molar-refractivity contribution in [2.24, 2.45) is 5.92 Å². The zero-order valence-corrected chi connectivity index (χ0v) is 14.8. The molecule has 0 aliphatic rings. The second-order valence-electron chi connectivity index (χ2n) is 6.37. The SMILES string of the molecule is CC(C)C(C)Nc1cc(Nc2ccncc2)nc(-c2ccccc2)n1. The van der Waals surface area contributed by atoms with E-state index in [1.165, 1.54) is 0 Å². The molecule has 0 radical (unpaired) electrons. The molecule has 2 aromatic heterocycles. The first-order valence-electron chi connectivity index (χ1n) is 8.50. The van der Waals surface area contributed by atoms with Gasteiger partial charge in [0, 0.05) is 35.8 Å². The number of hydrogen-bond donors (Lipinski definition) is 2. The molecule has 0 amide bonds. The Kier molecular flexibility index (Phi) is 5.23. The minimum absolute atomic E-state index is 0.312. The molecule has 1 unspecified atom stereocenters. The lowest BCUT2D eigenvalue weighted by Crippen LogP contribution is -2.22. The molecular formula is C20H23N5. The second-order valence-corrected chi connectivity index (χ2v) is 6.37. The number of pyridine rings is 1. The number of benzene rings is 1. The molecule has 0 aliphatic heterocycles. The topological polar surface area (TPSA) is 62.7 Å². The summed E-state index contributed by atoms with van der Waals surface area (Å²) < 4.78 is 0. The van der Waals surface area contributed by atoms with E-state index in [0.717, 1.165) is 22.9 Å². The minimum Gasteiger partial charge on any atom is -0.367 e. The van der Waals surface area contributed by atoms with Crippen molar-refractivity contribution >= 4 is 17.3 Å². The highest BCUT2D eigenvalue weighted by Gasteiger charge is 2.11. The molecule has 0 saturated carbocycles. The Labute approximate surface area is 148 Å². The summed E-state index contributed by atoms with van der Waals surface area (Å²) in [5, 5.41) is 6.80. The van der Waals surface area contributed by atoms with Crippen LogP contribution in [-0.4, -0.2) is 21.0 Å². The number of nitrogens with zero attached hydrogens (tertiary/aromatic N) is 3. The Morgan fingerprint density at radius 1 is 0.840 bits per heavy atom. The number of aromatic nitrogens is 3. The number of anilines is 3. The van der Waals surface area contributed by atoms with Crippen LogP contribution < -0.4 is 10.6 Å². The van der Waals surface area contributed by atoms with Crippen molar-refractivity contribution in [3.8, 4) is 11.4 Å². The lowest BCUT2D eigenvalue weighted by atomic mass is 10.1. The molecule has 1 aromatic carbocycles. The van der Waals surface area contributed by atoms with Crippen molar-refractivity contribution in [2.75, 3.05) is 10.6 Å². The predicted octanol–water partition coefficient (Wildman–Crippen LogP) is 4.74. The Morgan fingerprint density at radius 2 is 1.52 bits per heavy atom. The third kappa shape index (κ3) is 4.53. The smallest absolute Gasteiger partial charge is 0.163 e. The summed E-state index contributed by atoms with van der Waals surface area (Å²) in [6.07, 6.45) is 3.50. The molecule has 5 nitrogen and oxygen atoms in total. The first-order valence-corrected chi connectivity index (χ1v) is 8.50. The quantitative estimate of drug-likeness (QED) is 0.682. The standard InChI is InChI=1S/C20H23N5/c1-14(2)15(3)22-18-13-19(23-17-9-11-21-12-10-17)25-20(24-18)16-7-5-4-6-8-16/h4-15H,1-3H3,(H2,21,22,23,24,25). The van der Waals surface area contributed by atoms with E-state index in [9.17, 15) is 0 Å². The Bertz CT molecular complexity index is 803. The van der Waals surface area contributed by atoms with Crippen molar-refractivity contribution in [3.05, 3.63) is 60.9 Å². The van der Waals surface area contributed by atoms with E-state index in [-0.39, 0.29) is 0 Å². The first-order chi connectivity index (χ1) is 12.1. The Morgan fingerprint density at radius 3 is 2.20 bits per heavy atom. The highest BCUT2D eigenvalue weighted by molar-refractivity contribution is 5.64. The summed E-state index contributed by atoms with van der Waals surface area (Å²) in [6, 6.07) is 16.1. The molecule has 0 fully saturated rings. The first kappa shape index (κ1) is 16.9. The molecule has 0 aliphatic carbocycles. The summed E-state index contributed by atoms with van der Waals surface area (Å²) in [6.45, 7) is 6.53. The van der Waals surface area contributed by atoms with Crippen LogP contribution in [0.2, 0.25) is 0 Å². The van der Waals surface area contributed by atoms with Gasteiger partial charge in [-0.05, 0) is 25.0 Å². The molecule has 128 valence electrons. The largest absolute Gasteiger partial charge is 0.367 e. The highest BCUT2D eigenvalue weighted by atomic mass is 15.1. The van der Waals surface area contributed by atoms with Crippen molar-refractivity contribution in [1.29, 1.82) is 0 Å². The van der Waals surface area contributed by atoms with Gasteiger partial charge in [0.1, 0.15) is 11.6 Å². The zero-order chi connectivity index (χ0) is 17.6. The monoisotopic (exact) mass is 333 g/mol. The number of hydrogen-bond acceptors (Lipinski definition) is 5. The predicted molar refractivity (Wildman–Crippen MR) is 103 cm³/mol. The highest BCUT2D eigenvalue weighted by Crippen LogP contribution is 2.23. The summed E-state index contributed by atoms with van der Waals surface area (Å²) in [7, 11) is 0. The third-order valence-electron chi connectivity index (χ3n) is 4.09. The maximum Gasteiger partial charge on any atom is 0.163 e. The van der Waals surface area contributed by atoms with Crippen LogP contribution in [0.15, 0.2) is 60.9 Å². The summed E-state index contributed by atoms with van der Waals surface area (Å²) >= 11 is 0. The molecule has 2 heterocycles. The molecule has 3 rings (SSSR count). The molecule has 0 bridgehead atoms. The van der Waals surface area contributed by atoms with E-state index >= 15 is 0 Å².